The minimum atomic E-state index is -0.838. The summed E-state index contributed by atoms with van der Waals surface area (Å²) < 4.78 is 1.37. The molecule has 0 aliphatic rings. The maximum atomic E-state index is 11.3. The lowest BCUT2D eigenvalue weighted by atomic mass is 10.2. The highest BCUT2D eigenvalue weighted by atomic mass is 32.2. The van der Waals surface area contributed by atoms with Gasteiger partial charge in [-0.3, -0.25) is 19.4 Å². The summed E-state index contributed by atoms with van der Waals surface area (Å²) in [5, 5.41) is 3.32. The Morgan fingerprint density at radius 1 is 1.45 bits per heavy atom. The number of nitrogens with zero attached hydrogens (tertiary/aromatic N) is 4. The van der Waals surface area contributed by atoms with E-state index in [1.165, 1.54) is 11.0 Å². The highest BCUT2D eigenvalue weighted by Gasteiger charge is 2.13. The van der Waals surface area contributed by atoms with E-state index in [4.69, 9.17) is 5.84 Å². The van der Waals surface area contributed by atoms with Crippen LogP contribution in [0, 0.1) is 0 Å². The largest absolute Gasteiger partial charge is 0.339 e. The molecule has 10 heteroatoms. The average molecular weight is 295 g/mol. The van der Waals surface area contributed by atoms with E-state index in [2.05, 4.69) is 25.5 Å². The molecular weight excluding hydrogens is 282 g/mol. The Morgan fingerprint density at radius 3 is 2.85 bits per heavy atom. The molecule has 9 nitrogen and oxygen atoms in total. The molecule has 2 aromatic rings. The molecule has 106 valence electrons. The molecule has 2 heterocycles. The van der Waals surface area contributed by atoms with Gasteiger partial charge < -0.3 is 5.43 Å². The van der Waals surface area contributed by atoms with Gasteiger partial charge in [-0.15, -0.1) is 0 Å². The molecule has 0 saturated heterocycles. The number of nitrogen functional groups attached to an aromatic ring is 1. The van der Waals surface area contributed by atoms with E-state index in [0.29, 0.717) is 22.4 Å². The summed E-state index contributed by atoms with van der Waals surface area (Å²) in [4.78, 5) is 34.4. The normalized spacial score (nSPS) is 10.6. The van der Waals surface area contributed by atoms with Gasteiger partial charge in [0.15, 0.2) is 5.16 Å². The van der Waals surface area contributed by atoms with Crippen LogP contribution >= 0.6 is 11.8 Å². The van der Waals surface area contributed by atoms with Crippen LogP contribution < -0.4 is 22.4 Å². The number of hydrazine groups is 1. The van der Waals surface area contributed by atoms with E-state index in [1.54, 1.807) is 7.05 Å². The Kier molecular flexibility index (Phi) is 4.15. The molecule has 0 spiro atoms. The fraction of sp³-hybridized carbons (Fsp3) is 0.300. The Morgan fingerprint density at radius 2 is 2.20 bits per heavy atom. The summed E-state index contributed by atoms with van der Waals surface area (Å²) >= 11 is 1.15. The second-order valence-corrected chi connectivity index (χ2v) is 4.76. The van der Waals surface area contributed by atoms with Crippen molar-refractivity contribution in [3.05, 3.63) is 32.6 Å². The average Bonchev–Trinajstić information content (AvgIpc) is 2.44. The molecular formula is C10H13N7O2S. The molecule has 0 radical (unpaired) electrons. The zero-order chi connectivity index (χ0) is 14.7. The predicted molar refractivity (Wildman–Crippen MR) is 73.4 cm³/mol. The van der Waals surface area contributed by atoms with Gasteiger partial charge in [0.2, 0.25) is 0 Å². The van der Waals surface area contributed by atoms with Gasteiger partial charge in [-0.25, -0.2) is 15.8 Å². The van der Waals surface area contributed by atoms with Crippen molar-refractivity contribution in [2.24, 2.45) is 12.9 Å². The maximum absolute atomic E-state index is 11.3. The molecule has 0 aliphatic carbocycles. The second-order valence-electron chi connectivity index (χ2n) is 3.81. The lowest BCUT2D eigenvalue weighted by Gasteiger charge is -2.11. The number of nitrogens with one attached hydrogen (secondary N) is 2. The van der Waals surface area contributed by atoms with Crippen LogP contribution in [0.2, 0.25) is 0 Å². The first-order valence-electron chi connectivity index (χ1n) is 5.72. The third-order valence-electron chi connectivity index (χ3n) is 2.53. The van der Waals surface area contributed by atoms with Crippen LogP contribution in [-0.2, 0) is 13.5 Å². The van der Waals surface area contributed by atoms with Crippen molar-refractivity contribution in [2.45, 2.75) is 23.5 Å². The minimum Gasteiger partial charge on any atom is -0.308 e. The van der Waals surface area contributed by atoms with E-state index in [1.807, 2.05) is 6.92 Å². The Bertz CT molecular complexity index is 739. The molecule has 0 saturated carbocycles. The molecule has 0 unspecified atom stereocenters. The summed E-state index contributed by atoms with van der Waals surface area (Å²) in [5.74, 6) is 5.91. The van der Waals surface area contributed by atoms with Gasteiger partial charge in [-0.2, -0.15) is 4.98 Å². The molecule has 4 N–H and O–H groups in total. The lowest BCUT2D eigenvalue weighted by molar-refractivity contribution is 0.596. The van der Waals surface area contributed by atoms with Crippen LogP contribution in [0.4, 0.5) is 5.82 Å². The number of hydrogen-bond donors (Lipinski definition) is 3. The number of nitrogens with two attached hydrogens (primary N) is 1. The molecule has 0 bridgehead atoms. The van der Waals surface area contributed by atoms with E-state index >= 15 is 0 Å². The summed E-state index contributed by atoms with van der Waals surface area (Å²) in [6, 6.07) is 0. The summed E-state index contributed by atoms with van der Waals surface area (Å²) in [5.41, 5.74) is 1.70. The Balaban J connectivity index is 2.47. The number of aromatic amines is 1. The molecule has 2 rings (SSSR count). The van der Waals surface area contributed by atoms with Gasteiger partial charge >= 0.3 is 11.1 Å². The van der Waals surface area contributed by atoms with Crippen molar-refractivity contribution < 1.29 is 0 Å². The summed E-state index contributed by atoms with van der Waals surface area (Å²) in [6.45, 7) is 1.93. The quantitative estimate of drug-likeness (QED) is 0.291. The summed E-state index contributed by atoms with van der Waals surface area (Å²) in [6.07, 6.45) is 2.01. The smallest absolute Gasteiger partial charge is 0.308 e. The number of aryl methyl sites for hydroxylation is 1. The minimum absolute atomic E-state index is 0.325. The molecule has 0 fully saturated rings. The number of rotatable bonds is 4. The highest BCUT2D eigenvalue weighted by molar-refractivity contribution is 7.99. The molecule has 0 aromatic carbocycles. The van der Waals surface area contributed by atoms with Crippen LogP contribution in [-0.4, -0.2) is 24.7 Å². The third-order valence-corrected chi connectivity index (χ3v) is 3.62. The van der Waals surface area contributed by atoms with E-state index in [9.17, 15) is 9.59 Å². The number of anilines is 1. The number of H-pyrrole nitrogens is 1. The second kappa shape index (κ2) is 5.84. The molecule has 0 atom stereocenters. The Hall–Kier alpha value is -2.20. The van der Waals surface area contributed by atoms with Gasteiger partial charge in [0, 0.05) is 12.6 Å². The van der Waals surface area contributed by atoms with Gasteiger partial charge in [-0.05, 0) is 18.2 Å². The van der Waals surface area contributed by atoms with Crippen molar-refractivity contribution >= 4 is 17.6 Å². The predicted octanol–water partition coefficient (Wildman–Crippen LogP) is -0.742. The first-order chi connectivity index (χ1) is 9.56. The first kappa shape index (κ1) is 14.2. The van der Waals surface area contributed by atoms with Crippen LogP contribution in [0.1, 0.15) is 12.5 Å². The SMILES string of the molecule is CCc1c(NN)ncnc1Sc1nc(=O)c(=O)[nH]n1C. The van der Waals surface area contributed by atoms with Gasteiger partial charge in [0.1, 0.15) is 17.2 Å². The first-order valence-corrected chi connectivity index (χ1v) is 6.54. The standard InChI is InChI=1S/C10H13N7O2S/c1-3-5-6(15-11)12-4-13-9(5)20-10-14-7(18)8(19)16-17(10)2/h4H,3,11H2,1-2H3,(H,16,19)(H,12,13,15). The fourth-order valence-corrected chi connectivity index (χ4v) is 2.51. The van der Waals surface area contributed by atoms with Crippen molar-refractivity contribution in [1.82, 2.24) is 24.7 Å². The zero-order valence-corrected chi connectivity index (χ0v) is 11.7. The maximum Gasteiger partial charge on any atom is 0.339 e. The van der Waals surface area contributed by atoms with Gasteiger partial charge in [0.05, 0.1) is 0 Å². The summed E-state index contributed by atoms with van der Waals surface area (Å²) in [7, 11) is 1.59. The van der Waals surface area contributed by atoms with Gasteiger partial charge in [-0.1, -0.05) is 6.92 Å². The van der Waals surface area contributed by atoms with E-state index in [-0.39, 0.29) is 0 Å². The van der Waals surface area contributed by atoms with E-state index < -0.39 is 11.1 Å². The van der Waals surface area contributed by atoms with Crippen molar-refractivity contribution in [3.63, 3.8) is 0 Å². The molecule has 20 heavy (non-hydrogen) atoms. The lowest BCUT2D eigenvalue weighted by Crippen LogP contribution is -2.33. The number of aromatic nitrogens is 5. The third kappa shape index (κ3) is 2.70. The Labute approximate surface area is 117 Å². The molecule has 0 amide bonds. The van der Waals surface area contributed by atoms with Gasteiger partial charge in [0.25, 0.3) is 0 Å². The number of hydrogen-bond acceptors (Lipinski definition) is 8. The van der Waals surface area contributed by atoms with Crippen LogP contribution in [0.3, 0.4) is 0 Å². The van der Waals surface area contributed by atoms with E-state index in [0.717, 1.165) is 17.3 Å². The highest BCUT2D eigenvalue weighted by Crippen LogP contribution is 2.28. The van der Waals surface area contributed by atoms with Crippen molar-refractivity contribution in [2.75, 3.05) is 5.43 Å². The zero-order valence-electron chi connectivity index (χ0n) is 10.9. The topological polar surface area (TPSA) is 132 Å². The van der Waals surface area contributed by atoms with Crippen LogP contribution in [0.5, 0.6) is 0 Å². The van der Waals surface area contributed by atoms with Crippen LogP contribution in [0.25, 0.3) is 0 Å². The van der Waals surface area contributed by atoms with Crippen molar-refractivity contribution in [3.8, 4) is 0 Å². The molecule has 2 aromatic heterocycles. The van der Waals surface area contributed by atoms with Crippen molar-refractivity contribution in [1.29, 1.82) is 0 Å². The van der Waals surface area contributed by atoms with Crippen LogP contribution in [0.15, 0.2) is 26.1 Å². The molecule has 0 aliphatic heterocycles. The fourth-order valence-electron chi connectivity index (χ4n) is 1.57. The monoisotopic (exact) mass is 295 g/mol.